The lowest BCUT2D eigenvalue weighted by molar-refractivity contribution is -0.123. The van der Waals surface area contributed by atoms with Crippen LogP contribution >= 0.6 is 0 Å². The molecule has 0 unspecified atom stereocenters. The Morgan fingerprint density at radius 1 is 1.05 bits per heavy atom. The predicted molar refractivity (Wildman–Crippen MR) is 137 cm³/mol. The maximum absolute atomic E-state index is 13.0. The zero-order valence-electron chi connectivity index (χ0n) is 20.9. The van der Waals surface area contributed by atoms with E-state index in [2.05, 4.69) is 16.0 Å². The summed E-state index contributed by atoms with van der Waals surface area (Å²) in [5, 5.41) is 8.53. The van der Waals surface area contributed by atoms with Crippen molar-refractivity contribution in [3.05, 3.63) is 53.6 Å². The predicted octanol–water partition coefficient (Wildman–Crippen LogP) is 2.03. The fourth-order valence-electron chi connectivity index (χ4n) is 4.41. The molecule has 196 valence electrons. The van der Waals surface area contributed by atoms with Crippen LogP contribution in [0.2, 0.25) is 0 Å². The van der Waals surface area contributed by atoms with E-state index in [0.717, 1.165) is 6.42 Å². The number of nitrogens with one attached hydrogen (secondary N) is 3. The van der Waals surface area contributed by atoms with Gasteiger partial charge in [0.2, 0.25) is 11.8 Å². The molecule has 1 saturated heterocycles. The number of benzene rings is 2. The molecular weight excluding hydrogens is 476 g/mol. The average Bonchev–Trinajstić information content (AvgIpc) is 3.35. The summed E-state index contributed by atoms with van der Waals surface area (Å²) in [7, 11) is 1.53. The molecule has 1 fully saturated rings. The second-order valence-electron chi connectivity index (χ2n) is 8.98. The molecule has 2 heterocycles. The molecule has 3 N–H and O–H groups in total. The molecule has 0 aromatic heterocycles. The van der Waals surface area contributed by atoms with Gasteiger partial charge in [0, 0.05) is 36.8 Å². The molecular formula is C27H32N4O6. The van der Waals surface area contributed by atoms with Crippen LogP contribution in [0.15, 0.2) is 42.5 Å². The topological polar surface area (TPSA) is 126 Å². The molecule has 0 saturated carbocycles. The lowest BCUT2D eigenvalue weighted by atomic mass is 10.1. The van der Waals surface area contributed by atoms with Gasteiger partial charge in [0.25, 0.3) is 11.8 Å². The Hall–Kier alpha value is -4.08. The first-order valence-corrected chi connectivity index (χ1v) is 12.5. The van der Waals surface area contributed by atoms with E-state index in [1.807, 2.05) is 0 Å². The van der Waals surface area contributed by atoms with Crippen molar-refractivity contribution in [2.24, 2.45) is 0 Å². The third-order valence-electron chi connectivity index (χ3n) is 6.41. The second-order valence-corrected chi connectivity index (χ2v) is 8.98. The van der Waals surface area contributed by atoms with Crippen molar-refractivity contribution in [2.75, 3.05) is 38.3 Å². The van der Waals surface area contributed by atoms with E-state index in [9.17, 15) is 19.2 Å². The molecule has 0 aliphatic carbocycles. The molecule has 2 aromatic carbocycles. The fraction of sp³-hybridized carbons (Fsp3) is 0.407. The van der Waals surface area contributed by atoms with Crippen LogP contribution in [0.1, 0.15) is 52.8 Å². The number of hydrogen-bond donors (Lipinski definition) is 3. The average molecular weight is 509 g/mol. The van der Waals surface area contributed by atoms with Gasteiger partial charge in [-0.25, -0.2) is 0 Å². The second kappa shape index (κ2) is 12.2. The maximum Gasteiger partial charge on any atom is 0.255 e. The minimum absolute atomic E-state index is 0.0401. The highest BCUT2D eigenvalue weighted by Gasteiger charge is 2.24. The van der Waals surface area contributed by atoms with Gasteiger partial charge < -0.3 is 30.3 Å². The number of hydrogen-bond acceptors (Lipinski definition) is 6. The summed E-state index contributed by atoms with van der Waals surface area (Å²) in [5.41, 5.74) is 1.45. The molecule has 2 aromatic rings. The molecule has 1 atom stereocenters. The summed E-state index contributed by atoms with van der Waals surface area (Å²) in [4.78, 5) is 52.4. The lowest BCUT2D eigenvalue weighted by Gasteiger charge is -2.21. The van der Waals surface area contributed by atoms with Gasteiger partial charge in [-0.1, -0.05) is 6.07 Å². The first-order chi connectivity index (χ1) is 18.0. The van der Waals surface area contributed by atoms with Gasteiger partial charge >= 0.3 is 0 Å². The molecule has 37 heavy (non-hydrogen) atoms. The van der Waals surface area contributed by atoms with Gasteiger partial charge in [0.1, 0.15) is 24.1 Å². The van der Waals surface area contributed by atoms with Crippen LogP contribution in [-0.4, -0.2) is 63.0 Å². The number of fused-ring (bicyclic) bond motifs is 1. The van der Waals surface area contributed by atoms with E-state index in [-0.39, 0.29) is 36.8 Å². The Balaban J connectivity index is 1.42. The van der Waals surface area contributed by atoms with Crippen molar-refractivity contribution >= 4 is 29.3 Å². The van der Waals surface area contributed by atoms with Crippen molar-refractivity contribution in [2.45, 2.75) is 38.1 Å². The van der Waals surface area contributed by atoms with Crippen LogP contribution < -0.4 is 30.3 Å². The molecule has 0 spiro atoms. The Morgan fingerprint density at radius 2 is 1.92 bits per heavy atom. The van der Waals surface area contributed by atoms with E-state index in [0.29, 0.717) is 67.1 Å². The zero-order valence-corrected chi connectivity index (χ0v) is 20.9. The molecule has 4 amide bonds. The Labute approximate surface area is 215 Å². The van der Waals surface area contributed by atoms with Crippen LogP contribution in [0.25, 0.3) is 0 Å². The Bertz CT molecular complexity index is 1170. The van der Waals surface area contributed by atoms with Crippen LogP contribution in [0.4, 0.5) is 5.69 Å². The first kappa shape index (κ1) is 26.0. The summed E-state index contributed by atoms with van der Waals surface area (Å²) >= 11 is 0. The van der Waals surface area contributed by atoms with E-state index >= 15 is 0 Å². The number of carbonyl (C=O) groups is 4. The molecule has 2 aliphatic heterocycles. The van der Waals surface area contributed by atoms with Crippen LogP contribution in [0.3, 0.4) is 0 Å². The van der Waals surface area contributed by atoms with Gasteiger partial charge in [0.15, 0.2) is 0 Å². The zero-order chi connectivity index (χ0) is 26.2. The normalized spacial score (nSPS) is 19.1. The van der Waals surface area contributed by atoms with E-state index in [4.69, 9.17) is 9.47 Å². The highest BCUT2D eigenvalue weighted by molar-refractivity contribution is 6.00. The number of nitrogens with zero attached hydrogens (tertiary/aromatic N) is 1. The number of methoxy groups -OCH3 is 1. The largest absolute Gasteiger partial charge is 0.497 e. The SMILES string of the molecule is COc1ccc2c(c1)OCCNC(=O)[C@@H](NC(=O)c1cccc(N3CCCC3=O)c1)CCCCNC2=O. The smallest absolute Gasteiger partial charge is 0.255 e. The van der Waals surface area contributed by atoms with Gasteiger partial charge in [-0.3, -0.25) is 19.2 Å². The summed E-state index contributed by atoms with van der Waals surface area (Å²) in [5.74, 6) is 0.00969. The number of amides is 4. The van der Waals surface area contributed by atoms with Crippen molar-refractivity contribution in [1.82, 2.24) is 16.0 Å². The summed E-state index contributed by atoms with van der Waals surface area (Å²) < 4.78 is 11.0. The van der Waals surface area contributed by atoms with Gasteiger partial charge in [-0.15, -0.1) is 0 Å². The molecule has 0 radical (unpaired) electrons. The van der Waals surface area contributed by atoms with Crippen LogP contribution in [-0.2, 0) is 9.59 Å². The Morgan fingerprint density at radius 3 is 2.70 bits per heavy atom. The van der Waals surface area contributed by atoms with Crippen molar-refractivity contribution in [1.29, 1.82) is 0 Å². The van der Waals surface area contributed by atoms with Crippen molar-refractivity contribution in [3.8, 4) is 11.5 Å². The van der Waals surface area contributed by atoms with Gasteiger partial charge in [0.05, 0.1) is 19.2 Å². The highest BCUT2D eigenvalue weighted by atomic mass is 16.5. The minimum atomic E-state index is -0.754. The third kappa shape index (κ3) is 6.58. The number of anilines is 1. The Kier molecular flexibility index (Phi) is 8.60. The standard InChI is InChI=1S/C27H32N4O6/c1-36-20-10-11-21-23(17-20)37-15-13-29-27(35)22(8-2-3-12-28-26(21)34)30-25(33)18-6-4-7-19(16-18)31-14-5-9-24(31)32/h4,6-7,10-11,16-17,22H,2-3,5,8-9,12-15H2,1H3,(H,28,34)(H,29,35)(H,30,33)/t22-/m0/s1. The minimum Gasteiger partial charge on any atom is -0.497 e. The molecule has 10 heteroatoms. The molecule has 0 bridgehead atoms. The fourth-order valence-corrected chi connectivity index (χ4v) is 4.41. The highest BCUT2D eigenvalue weighted by Crippen LogP contribution is 2.25. The monoisotopic (exact) mass is 508 g/mol. The first-order valence-electron chi connectivity index (χ1n) is 12.5. The van der Waals surface area contributed by atoms with Crippen LogP contribution in [0.5, 0.6) is 11.5 Å². The lowest BCUT2D eigenvalue weighted by Crippen LogP contribution is -2.47. The summed E-state index contributed by atoms with van der Waals surface area (Å²) in [6.45, 7) is 1.37. The van der Waals surface area contributed by atoms with Crippen molar-refractivity contribution in [3.63, 3.8) is 0 Å². The van der Waals surface area contributed by atoms with Gasteiger partial charge in [-0.2, -0.15) is 0 Å². The third-order valence-corrected chi connectivity index (χ3v) is 6.41. The van der Waals surface area contributed by atoms with E-state index in [1.54, 1.807) is 47.4 Å². The van der Waals surface area contributed by atoms with E-state index in [1.165, 1.54) is 7.11 Å². The van der Waals surface area contributed by atoms with Crippen LogP contribution in [0, 0.1) is 0 Å². The van der Waals surface area contributed by atoms with E-state index < -0.39 is 6.04 Å². The number of carbonyl (C=O) groups excluding carboxylic acids is 4. The quantitative estimate of drug-likeness (QED) is 0.580. The molecule has 2 aliphatic rings. The number of ether oxygens (including phenoxy) is 2. The van der Waals surface area contributed by atoms with Gasteiger partial charge in [-0.05, 0) is 56.0 Å². The number of rotatable bonds is 4. The maximum atomic E-state index is 13.0. The summed E-state index contributed by atoms with van der Waals surface area (Å²) in [6.07, 6.45) is 2.95. The summed E-state index contributed by atoms with van der Waals surface area (Å²) in [6, 6.07) is 11.1. The molecule has 4 rings (SSSR count). The molecule has 10 nitrogen and oxygen atoms in total. The van der Waals surface area contributed by atoms with Crippen molar-refractivity contribution < 1.29 is 28.7 Å².